The Morgan fingerprint density at radius 1 is 1.88 bits per heavy atom. The summed E-state index contributed by atoms with van der Waals surface area (Å²) in [6.45, 7) is 1.92. The van der Waals surface area contributed by atoms with Gasteiger partial charge in [-0.1, -0.05) is 6.92 Å². The summed E-state index contributed by atoms with van der Waals surface area (Å²) in [4.78, 5) is 13.7. The molecule has 0 aliphatic rings. The van der Waals surface area contributed by atoms with Crippen LogP contribution in [0.1, 0.15) is 19.8 Å². The van der Waals surface area contributed by atoms with Crippen molar-refractivity contribution in [1.82, 2.24) is 0 Å². The number of nitrogens with zero attached hydrogens (tertiary/aromatic N) is 1. The van der Waals surface area contributed by atoms with Crippen LogP contribution in [0, 0.1) is 0 Å². The van der Waals surface area contributed by atoms with Gasteiger partial charge in [-0.15, -0.1) is 0 Å². The minimum atomic E-state index is -0.144. The van der Waals surface area contributed by atoms with Crippen molar-refractivity contribution >= 4 is 12.2 Å². The Morgan fingerprint density at radius 3 is 2.88 bits per heavy atom. The van der Waals surface area contributed by atoms with Crippen molar-refractivity contribution in [3.63, 3.8) is 0 Å². The molecule has 0 aromatic carbocycles. The molecule has 8 heavy (non-hydrogen) atoms. The van der Waals surface area contributed by atoms with E-state index in [9.17, 15) is 4.79 Å². The lowest BCUT2D eigenvalue weighted by Crippen LogP contribution is -1.96. The first-order valence-corrected chi connectivity index (χ1v) is 2.58. The summed E-state index contributed by atoms with van der Waals surface area (Å²) >= 11 is 0. The van der Waals surface area contributed by atoms with E-state index >= 15 is 0 Å². The molecule has 3 nitrogen and oxygen atoms in total. The van der Waals surface area contributed by atoms with E-state index in [-0.39, 0.29) is 5.91 Å². The van der Waals surface area contributed by atoms with E-state index in [0.29, 0.717) is 6.42 Å². The summed E-state index contributed by atoms with van der Waals surface area (Å²) in [6, 6.07) is 0. The van der Waals surface area contributed by atoms with Gasteiger partial charge >= 0.3 is 0 Å². The number of rotatable bonds is 2. The number of amides is 1. The normalized spacial score (nSPS) is 10.1. The maximum Gasteiger partial charge on any atom is 0.247 e. The van der Waals surface area contributed by atoms with Gasteiger partial charge in [-0.25, -0.2) is 4.99 Å². The Bertz CT molecular complexity index is 98.6. The summed E-state index contributed by atoms with van der Waals surface area (Å²) in [5, 5.41) is 0. The number of hydrogen-bond donors (Lipinski definition) is 1. The van der Waals surface area contributed by atoms with Crippen LogP contribution in [0.4, 0.5) is 0 Å². The molecule has 0 radical (unpaired) electrons. The molecule has 46 valence electrons. The zero-order chi connectivity index (χ0) is 6.41. The Hall–Kier alpha value is -0.860. The van der Waals surface area contributed by atoms with E-state index in [1.807, 2.05) is 6.92 Å². The maximum atomic E-state index is 10.4. The molecule has 0 unspecified atom stereocenters. The van der Waals surface area contributed by atoms with E-state index in [1.165, 1.54) is 0 Å². The molecule has 0 aromatic rings. The Kier molecular flexibility index (Phi) is 3.84. The van der Waals surface area contributed by atoms with Crippen LogP contribution in [0.15, 0.2) is 4.99 Å². The third-order valence-corrected chi connectivity index (χ3v) is 0.682. The zero-order valence-corrected chi connectivity index (χ0v) is 4.92. The van der Waals surface area contributed by atoms with Crippen molar-refractivity contribution in [3.05, 3.63) is 0 Å². The molecule has 2 N–H and O–H groups in total. The molecule has 0 bridgehead atoms. The first kappa shape index (κ1) is 7.14. The van der Waals surface area contributed by atoms with Gasteiger partial charge in [0.1, 0.15) is 0 Å². The third kappa shape index (κ3) is 3.33. The van der Waals surface area contributed by atoms with E-state index in [2.05, 4.69) is 4.99 Å². The van der Waals surface area contributed by atoms with Crippen LogP contribution < -0.4 is 5.73 Å². The highest BCUT2D eigenvalue weighted by Crippen LogP contribution is 1.87. The molecule has 0 spiro atoms. The van der Waals surface area contributed by atoms with Crippen LogP contribution >= 0.6 is 0 Å². The molecule has 0 rings (SSSR count). The van der Waals surface area contributed by atoms with Crippen LogP contribution in [-0.2, 0) is 4.79 Å². The van der Waals surface area contributed by atoms with Crippen LogP contribution in [0.25, 0.3) is 0 Å². The Labute approximate surface area is 48.6 Å². The minimum Gasteiger partial charge on any atom is -0.390 e. The summed E-state index contributed by atoms with van der Waals surface area (Å²) in [5.41, 5.74) is 4.85. The molecule has 0 fully saturated rings. The molecule has 0 aromatic heterocycles. The molecular weight excluding hydrogens is 104 g/mol. The summed E-state index contributed by atoms with van der Waals surface area (Å²) in [5.74, 6) is -0.144. The van der Waals surface area contributed by atoms with E-state index < -0.39 is 0 Å². The molecule has 1 amide bonds. The first-order valence-electron chi connectivity index (χ1n) is 2.58. The quantitative estimate of drug-likeness (QED) is 0.414. The smallest absolute Gasteiger partial charge is 0.247 e. The number of hydrogen-bond acceptors (Lipinski definition) is 1. The second kappa shape index (κ2) is 4.30. The van der Waals surface area contributed by atoms with E-state index in [0.717, 1.165) is 12.8 Å². The van der Waals surface area contributed by atoms with Gasteiger partial charge in [0.15, 0.2) is 0 Å². The predicted octanol–water partition coefficient (Wildman–Crippen LogP) is 0.300. The highest BCUT2D eigenvalue weighted by atomic mass is 16.1. The van der Waals surface area contributed by atoms with Crippen molar-refractivity contribution in [2.75, 3.05) is 0 Å². The number of carbonyl (C=O) groups excluding carboxylic acids is 1. The van der Waals surface area contributed by atoms with Gasteiger partial charge in [0.2, 0.25) is 5.91 Å². The fraction of sp³-hybridized carbons (Fsp3) is 0.600. The average molecular weight is 114 g/mol. The second-order valence-electron chi connectivity index (χ2n) is 1.42. The van der Waals surface area contributed by atoms with Crippen molar-refractivity contribution < 1.29 is 4.79 Å². The average Bonchev–Trinajstić information content (AvgIpc) is 1.68. The molecule has 0 atom stereocenters. The molecule has 3 heteroatoms. The number of nitrogens with two attached hydrogens (primary N) is 1. The molecule has 0 saturated carbocycles. The number of aliphatic imine (C=N–C) groups is 1. The fourth-order valence-electron chi connectivity index (χ4n) is 0.362. The van der Waals surface area contributed by atoms with Crippen molar-refractivity contribution in [3.8, 4) is 0 Å². The van der Waals surface area contributed by atoms with Gasteiger partial charge in [0, 0.05) is 6.42 Å². The lowest BCUT2D eigenvalue weighted by Gasteiger charge is -1.84. The van der Waals surface area contributed by atoms with Crippen LogP contribution in [-0.4, -0.2) is 12.2 Å². The number of carbonyl (C=O) groups is 1. The summed E-state index contributed by atoms with van der Waals surface area (Å²) in [7, 11) is 0. The largest absolute Gasteiger partial charge is 0.390 e. The fourth-order valence-corrected chi connectivity index (χ4v) is 0.362. The van der Waals surface area contributed by atoms with E-state index in [1.54, 1.807) is 0 Å². The Balaban J connectivity index is 3.33. The lowest BCUT2D eigenvalue weighted by atomic mass is 10.3. The van der Waals surface area contributed by atoms with Gasteiger partial charge in [-0.05, 0) is 6.42 Å². The standard InChI is InChI=1S/C5H10N2O/c1-2-3-5(8)7-4-6/h4H,2-3H2,1H3,(H2,6,7,8). The topological polar surface area (TPSA) is 55.5 Å². The molecule has 0 heterocycles. The predicted molar refractivity (Wildman–Crippen MR) is 32.6 cm³/mol. The highest BCUT2D eigenvalue weighted by Gasteiger charge is 1.90. The molecule has 0 aliphatic heterocycles. The van der Waals surface area contributed by atoms with Crippen molar-refractivity contribution in [2.45, 2.75) is 19.8 Å². The first-order chi connectivity index (χ1) is 3.81. The monoisotopic (exact) mass is 114 g/mol. The van der Waals surface area contributed by atoms with Crippen LogP contribution in [0.3, 0.4) is 0 Å². The van der Waals surface area contributed by atoms with Crippen LogP contribution in [0.5, 0.6) is 0 Å². The van der Waals surface area contributed by atoms with Gasteiger partial charge in [-0.3, -0.25) is 4.79 Å². The van der Waals surface area contributed by atoms with E-state index in [4.69, 9.17) is 5.73 Å². The molecule has 0 aliphatic carbocycles. The van der Waals surface area contributed by atoms with Gasteiger partial charge < -0.3 is 5.73 Å². The highest BCUT2D eigenvalue weighted by molar-refractivity contribution is 5.83. The second-order valence-corrected chi connectivity index (χ2v) is 1.42. The van der Waals surface area contributed by atoms with Crippen molar-refractivity contribution in [2.24, 2.45) is 10.7 Å². The van der Waals surface area contributed by atoms with Gasteiger partial charge in [0.05, 0.1) is 6.34 Å². The van der Waals surface area contributed by atoms with Gasteiger partial charge in [-0.2, -0.15) is 0 Å². The maximum absolute atomic E-state index is 10.4. The third-order valence-electron chi connectivity index (χ3n) is 0.682. The van der Waals surface area contributed by atoms with Crippen LogP contribution in [0.2, 0.25) is 0 Å². The van der Waals surface area contributed by atoms with Gasteiger partial charge in [0.25, 0.3) is 0 Å². The Morgan fingerprint density at radius 2 is 2.50 bits per heavy atom. The summed E-state index contributed by atoms with van der Waals surface area (Å²) < 4.78 is 0. The molecule has 0 saturated heterocycles. The lowest BCUT2D eigenvalue weighted by molar-refractivity contribution is -0.117. The summed E-state index contributed by atoms with van der Waals surface area (Å²) in [6.07, 6.45) is 2.35. The minimum absolute atomic E-state index is 0.144. The zero-order valence-electron chi connectivity index (χ0n) is 4.92. The van der Waals surface area contributed by atoms with Crippen molar-refractivity contribution in [1.29, 1.82) is 0 Å². The SMILES string of the molecule is CCCC(=O)N=CN. The molecular formula is C5H10N2O.